The number of unbranched alkanes of at least 4 members (excludes halogenated alkanes) is 1. The normalized spacial score (nSPS) is 13.5. The highest BCUT2D eigenvalue weighted by Crippen LogP contribution is 2.34. The van der Waals surface area contributed by atoms with Gasteiger partial charge in [0, 0.05) is 95.3 Å². The summed E-state index contributed by atoms with van der Waals surface area (Å²) in [6, 6.07) is 9.72. The number of fused-ring (bicyclic) bond motifs is 2. The molecule has 0 bridgehead atoms. The number of nitrogens with one attached hydrogen (secondary N) is 3. The van der Waals surface area contributed by atoms with Crippen LogP contribution in [0.4, 0.5) is 11.9 Å². The summed E-state index contributed by atoms with van der Waals surface area (Å²) in [5.41, 5.74) is 15.9. The molecule has 0 unspecified atom stereocenters. The maximum atomic E-state index is 14.1. The van der Waals surface area contributed by atoms with Crippen molar-refractivity contribution in [2.45, 2.75) is 73.1 Å². The average molecular weight is 1470 g/mol. The smallest absolute Gasteiger partial charge is 0.276 e. The van der Waals surface area contributed by atoms with Crippen molar-refractivity contribution in [3.8, 4) is 11.5 Å². The molecule has 7 amide bonds. The van der Waals surface area contributed by atoms with E-state index in [1.807, 2.05) is 36.8 Å². The first kappa shape index (κ1) is 81.8. The van der Waals surface area contributed by atoms with Gasteiger partial charge >= 0.3 is 0 Å². The number of carbonyl (C=O) groups is 7. The van der Waals surface area contributed by atoms with Gasteiger partial charge in [-0.25, -0.2) is 9.97 Å². The SMILES string of the molecule is CCn1nc(C)cc1C(=O)Nc1nc2cc(C(N)=O)cc(OC)c2n1CCCCn1c(NC(=O)c2cc(C)nn2CC)nc2cc(C(N)=O)cc(OCCCN3CCN(CCOCCOCCOCCOCCOCCOCCOCCOCCOCCOCCNC(=O)CN4C(=O)C=CC4=O)CC3)c21. The second kappa shape index (κ2) is 44.2. The van der Waals surface area contributed by atoms with Crippen molar-refractivity contribution in [1.82, 2.24) is 58.7 Å². The first-order chi connectivity index (χ1) is 51.0. The van der Waals surface area contributed by atoms with E-state index in [-0.39, 0.29) is 42.7 Å². The Morgan fingerprint density at radius 2 is 0.848 bits per heavy atom. The summed E-state index contributed by atoms with van der Waals surface area (Å²) in [4.78, 5) is 103. The number of piperazine rings is 1. The molecule has 0 aliphatic carbocycles. The second-order valence-corrected chi connectivity index (χ2v) is 24.3. The van der Waals surface area contributed by atoms with Crippen LogP contribution in [0.1, 0.15) is 86.2 Å². The molecule has 4 aromatic heterocycles. The van der Waals surface area contributed by atoms with Crippen molar-refractivity contribution in [2.75, 3.05) is 209 Å². The summed E-state index contributed by atoms with van der Waals surface area (Å²) in [7, 11) is 1.48. The van der Waals surface area contributed by atoms with Crippen molar-refractivity contribution in [1.29, 1.82) is 0 Å². The summed E-state index contributed by atoms with van der Waals surface area (Å²) >= 11 is 0. The van der Waals surface area contributed by atoms with Crippen LogP contribution in [0.15, 0.2) is 48.6 Å². The third-order valence-electron chi connectivity index (χ3n) is 16.7. The van der Waals surface area contributed by atoms with Gasteiger partial charge in [-0.3, -0.25) is 63.4 Å². The number of amides is 7. The van der Waals surface area contributed by atoms with E-state index >= 15 is 0 Å². The maximum Gasteiger partial charge on any atom is 0.276 e. The molecule has 0 radical (unpaired) electrons. The third-order valence-corrected chi connectivity index (χ3v) is 16.7. The molecule has 2 aromatic carbocycles. The Kier molecular flexibility index (Phi) is 34.4. The van der Waals surface area contributed by atoms with Crippen molar-refractivity contribution in [3.63, 3.8) is 0 Å². The number of nitrogens with zero attached hydrogens (tertiary/aromatic N) is 11. The molecule has 6 heterocycles. The minimum absolute atomic E-state index is 0.188. The lowest BCUT2D eigenvalue weighted by Crippen LogP contribution is -2.47. The van der Waals surface area contributed by atoms with Gasteiger partial charge in [-0.15, -0.1) is 0 Å². The highest BCUT2D eigenvalue weighted by atomic mass is 16.6. The number of ether oxygens (including phenoxy) is 12. The van der Waals surface area contributed by atoms with E-state index in [9.17, 15) is 33.6 Å². The third kappa shape index (κ3) is 26.0. The molecule has 576 valence electrons. The van der Waals surface area contributed by atoms with Crippen LogP contribution in [0, 0.1) is 13.8 Å². The largest absolute Gasteiger partial charge is 0.494 e. The van der Waals surface area contributed by atoms with E-state index in [0.717, 1.165) is 56.3 Å². The zero-order valence-electron chi connectivity index (χ0n) is 60.9. The summed E-state index contributed by atoms with van der Waals surface area (Å²) in [5.74, 6) is -2.45. The molecule has 35 nitrogen and oxygen atoms in total. The number of aromatic nitrogens is 8. The van der Waals surface area contributed by atoms with Crippen molar-refractivity contribution >= 4 is 75.3 Å². The Bertz CT molecular complexity index is 3790. The van der Waals surface area contributed by atoms with Crippen LogP contribution in [0.25, 0.3) is 22.1 Å². The molecule has 8 rings (SSSR count). The zero-order chi connectivity index (χ0) is 74.7. The quantitative estimate of drug-likeness (QED) is 0.0270. The van der Waals surface area contributed by atoms with Crippen LogP contribution in [0.3, 0.4) is 0 Å². The van der Waals surface area contributed by atoms with E-state index in [4.69, 9.17) is 78.3 Å². The minimum Gasteiger partial charge on any atom is -0.494 e. The molecule has 0 saturated carbocycles. The van der Waals surface area contributed by atoms with Gasteiger partial charge in [0.15, 0.2) is 0 Å². The van der Waals surface area contributed by atoms with Gasteiger partial charge in [0.05, 0.1) is 168 Å². The zero-order valence-corrected chi connectivity index (χ0v) is 60.9. The highest BCUT2D eigenvalue weighted by molar-refractivity contribution is 6.14. The fourth-order valence-electron chi connectivity index (χ4n) is 11.5. The van der Waals surface area contributed by atoms with Gasteiger partial charge in [0.25, 0.3) is 23.6 Å². The van der Waals surface area contributed by atoms with Gasteiger partial charge in [-0.1, -0.05) is 0 Å². The number of imidazole rings is 2. The van der Waals surface area contributed by atoms with Crippen LogP contribution >= 0.6 is 0 Å². The fourth-order valence-corrected chi connectivity index (χ4v) is 11.5. The van der Waals surface area contributed by atoms with Crippen LogP contribution in [0.5, 0.6) is 11.5 Å². The molecule has 35 heteroatoms. The fraction of sp³-hybridized carbons (Fsp3) is 0.586. The Morgan fingerprint density at radius 1 is 0.467 bits per heavy atom. The number of methoxy groups -OCH3 is 1. The molecular formula is C70H102N16O19. The number of carbonyl (C=O) groups excluding carboxylic acids is 7. The number of aryl methyl sites for hydroxylation is 6. The molecule has 105 heavy (non-hydrogen) atoms. The molecule has 1 saturated heterocycles. The first-order valence-corrected chi connectivity index (χ1v) is 35.6. The molecule has 0 atom stereocenters. The second-order valence-electron chi connectivity index (χ2n) is 24.3. The van der Waals surface area contributed by atoms with E-state index in [2.05, 4.69) is 35.9 Å². The molecule has 2 aliphatic rings. The summed E-state index contributed by atoms with van der Waals surface area (Å²) in [6.07, 6.45) is 3.96. The van der Waals surface area contributed by atoms with E-state index in [1.165, 1.54) is 7.11 Å². The molecule has 1 fully saturated rings. The number of imide groups is 1. The van der Waals surface area contributed by atoms with Crippen LogP contribution in [0.2, 0.25) is 0 Å². The molecule has 2 aliphatic heterocycles. The molecular weight excluding hydrogens is 1370 g/mol. The first-order valence-electron chi connectivity index (χ1n) is 35.6. The molecule has 0 spiro atoms. The van der Waals surface area contributed by atoms with Crippen molar-refractivity contribution in [3.05, 3.63) is 82.5 Å². The van der Waals surface area contributed by atoms with E-state index < -0.39 is 41.4 Å². The number of benzene rings is 2. The number of anilines is 2. The van der Waals surface area contributed by atoms with Crippen molar-refractivity contribution in [2.24, 2.45) is 11.5 Å². The number of primary amides is 2. The molecule has 7 N–H and O–H groups in total. The van der Waals surface area contributed by atoms with Gasteiger partial charge < -0.3 is 87.7 Å². The highest BCUT2D eigenvalue weighted by Gasteiger charge is 2.27. The summed E-state index contributed by atoms with van der Waals surface area (Å²) in [5, 5.41) is 17.5. The minimum atomic E-state index is -0.666. The van der Waals surface area contributed by atoms with Gasteiger partial charge in [-0.05, 0) is 83.4 Å². The lowest BCUT2D eigenvalue weighted by Gasteiger charge is -2.34. The lowest BCUT2D eigenvalue weighted by atomic mass is 10.1. The average Bonchev–Trinajstić information content (AvgIpc) is 1.63. The topological polar surface area (TPSA) is 399 Å². The van der Waals surface area contributed by atoms with E-state index in [1.54, 1.807) is 45.8 Å². The van der Waals surface area contributed by atoms with Crippen LogP contribution in [-0.2, 0) is 87.9 Å². The van der Waals surface area contributed by atoms with Gasteiger partial charge in [-0.2, -0.15) is 10.2 Å². The maximum absolute atomic E-state index is 14.1. The Hall–Kier alpha value is -8.85. The summed E-state index contributed by atoms with van der Waals surface area (Å²) in [6.45, 7) is 23.0. The Labute approximate surface area is 609 Å². The number of hydrogen-bond acceptors (Lipinski definition) is 25. The van der Waals surface area contributed by atoms with E-state index in [0.29, 0.717) is 234 Å². The number of rotatable bonds is 54. The predicted molar refractivity (Wildman–Crippen MR) is 384 cm³/mol. The van der Waals surface area contributed by atoms with Gasteiger partial charge in [0.1, 0.15) is 40.5 Å². The number of nitrogens with two attached hydrogens (primary N) is 2. The molecule has 6 aromatic rings. The van der Waals surface area contributed by atoms with Crippen LogP contribution < -0.4 is 36.9 Å². The Morgan fingerprint density at radius 3 is 1.25 bits per heavy atom. The van der Waals surface area contributed by atoms with Gasteiger partial charge in [0.2, 0.25) is 29.6 Å². The summed E-state index contributed by atoms with van der Waals surface area (Å²) < 4.78 is 75.0. The number of hydrogen-bond donors (Lipinski definition) is 5. The predicted octanol–water partition coefficient (Wildman–Crippen LogP) is 2.22. The van der Waals surface area contributed by atoms with Crippen LogP contribution in [-0.4, -0.2) is 293 Å². The van der Waals surface area contributed by atoms with Crippen molar-refractivity contribution < 1.29 is 90.4 Å². The monoisotopic (exact) mass is 1470 g/mol. The lowest BCUT2D eigenvalue weighted by molar-refractivity contribution is -0.141. The standard InChI is InChI=1S/C70H102N16O19/c1-6-85-56(43-50(3)78-85)67(92)76-69-74-54-45-52(65(71)90)47-58(94-5)63(54)82(69)15-8-9-16-83-64-55(75-70(83)77-68(93)57-44-51(4)79-86(57)7-2)46-53(66(72)91)48-59(64)105-22-10-14-80-17-19-81(20-18-80)21-24-96-26-28-98-30-32-100-34-36-102-38-40-104-42-41-103-39-37-101-35-33-99-31-29-97-27-25-95-23-13-73-60(87)49-84-61(88)11-12-62(84)89/h11-12,43-48H,6-10,13-42,49H2,1-5H3,(H2,71,90)(H2,72,91)(H,73,87)(H,74,76,92)(H,75,77,93). The Balaban J connectivity index is 0.657.